The summed E-state index contributed by atoms with van der Waals surface area (Å²) in [6.45, 7) is 4.38. The van der Waals surface area contributed by atoms with Crippen molar-refractivity contribution in [2.45, 2.75) is 32.4 Å². The van der Waals surface area contributed by atoms with Crippen molar-refractivity contribution < 1.29 is 4.79 Å². The van der Waals surface area contributed by atoms with Gasteiger partial charge in [-0.15, -0.1) is 0 Å². The van der Waals surface area contributed by atoms with E-state index in [2.05, 4.69) is 27.4 Å². The van der Waals surface area contributed by atoms with Crippen molar-refractivity contribution in [2.75, 3.05) is 19.6 Å². The lowest BCUT2D eigenvalue weighted by Crippen LogP contribution is -2.39. The van der Waals surface area contributed by atoms with Gasteiger partial charge in [-0.25, -0.2) is 4.68 Å². The van der Waals surface area contributed by atoms with E-state index in [1.807, 2.05) is 43.3 Å². The number of aryl methyl sites for hydroxylation is 1. The van der Waals surface area contributed by atoms with Crippen LogP contribution < -0.4 is 10.9 Å². The first-order valence-corrected chi connectivity index (χ1v) is 10.2. The minimum Gasteiger partial charge on any atom is -0.353 e. The molecule has 3 aromatic rings. The van der Waals surface area contributed by atoms with Crippen LogP contribution in [0.15, 0.2) is 59.4 Å². The van der Waals surface area contributed by atoms with Gasteiger partial charge >= 0.3 is 0 Å². The predicted molar refractivity (Wildman–Crippen MR) is 114 cm³/mol. The molecule has 2 heterocycles. The number of amides is 1. The van der Waals surface area contributed by atoms with Gasteiger partial charge in [0.05, 0.1) is 17.1 Å². The topological polar surface area (TPSA) is 67.2 Å². The molecule has 4 rings (SSSR count). The van der Waals surface area contributed by atoms with Gasteiger partial charge in [-0.05, 0) is 44.5 Å². The lowest BCUT2D eigenvalue weighted by atomic mass is 10.1. The third-order valence-electron chi connectivity index (χ3n) is 5.60. The second-order valence-electron chi connectivity index (χ2n) is 7.57. The first-order chi connectivity index (χ1) is 14.1. The summed E-state index contributed by atoms with van der Waals surface area (Å²) >= 11 is 0. The van der Waals surface area contributed by atoms with E-state index in [4.69, 9.17) is 0 Å². The number of benzene rings is 2. The molecule has 29 heavy (non-hydrogen) atoms. The van der Waals surface area contributed by atoms with Crippen molar-refractivity contribution in [3.8, 4) is 0 Å². The summed E-state index contributed by atoms with van der Waals surface area (Å²) in [6, 6.07) is 17.8. The Labute approximate surface area is 170 Å². The number of nitrogens with zero attached hydrogens (tertiary/aromatic N) is 3. The zero-order chi connectivity index (χ0) is 20.2. The molecule has 0 saturated carbocycles. The molecule has 2 aromatic carbocycles. The minimum absolute atomic E-state index is 0.0774. The normalized spacial score (nSPS) is 15.5. The summed E-state index contributed by atoms with van der Waals surface area (Å²) in [5.41, 5.74) is 1.71. The Morgan fingerprint density at radius 3 is 2.41 bits per heavy atom. The minimum atomic E-state index is -0.236. The second-order valence-corrected chi connectivity index (χ2v) is 7.57. The van der Waals surface area contributed by atoms with Crippen LogP contribution in [0.3, 0.4) is 0 Å². The van der Waals surface area contributed by atoms with Gasteiger partial charge in [-0.3, -0.25) is 14.5 Å². The van der Waals surface area contributed by atoms with Crippen LogP contribution in [-0.2, 0) is 11.3 Å². The van der Waals surface area contributed by atoms with Crippen molar-refractivity contribution in [1.29, 1.82) is 0 Å². The highest BCUT2D eigenvalue weighted by Gasteiger charge is 2.24. The van der Waals surface area contributed by atoms with E-state index in [1.165, 1.54) is 23.1 Å². The van der Waals surface area contributed by atoms with Crippen LogP contribution in [0.5, 0.6) is 0 Å². The van der Waals surface area contributed by atoms with E-state index >= 15 is 0 Å². The monoisotopic (exact) mass is 390 g/mol. The third kappa shape index (κ3) is 4.22. The smallest absolute Gasteiger partial charge is 0.275 e. The second kappa shape index (κ2) is 8.57. The van der Waals surface area contributed by atoms with Gasteiger partial charge in [-0.1, -0.05) is 48.5 Å². The first kappa shape index (κ1) is 19.3. The van der Waals surface area contributed by atoms with Crippen LogP contribution in [-0.4, -0.2) is 40.2 Å². The molecule has 6 nitrogen and oxygen atoms in total. The lowest BCUT2D eigenvalue weighted by molar-refractivity contribution is -0.122. The lowest BCUT2D eigenvalue weighted by Gasteiger charge is -2.28. The Kier molecular flexibility index (Phi) is 5.71. The zero-order valence-corrected chi connectivity index (χ0v) is 16.7. The van der Waals surface area contributed by atoms with Crippen LogP contribution in [0.25, 0.3) is 10.8 Å². The van der Waals surface area contributed by atoms with E-state index in [1.54, 1.807) is 6.07 Å². The first-order valence-electron chi connectivity index (χ1n) is 10.2. The summed E-state index contributed by atoms with van der Waals surface area (Å²) in [5.74, 6) is -0.200. The molecule has 1 saturated heterocycles. The van der Waals surface area contributed by atoms with Gasteiger partial charge in [0.25, 0.3) is 5.56 Å². The quantitative estimate of drug-likeness (QED) is 0.703. The number of carbonyl (C=O) groups excluding carboxylic acids is 1. The molecule has 1 aliphatic heterocycles. The van der Waals surface area contributed by atoms with Crippen molar-refractivity contribution in [2.24, 2.45) is 0 Å². The fourth-order valence-electron chi connectivity index (χ4n) is 4.10. The van der Waals surface area contributed by atoms with Crippen LogP contribution in [0.4, 0.5) is 0 Å². The summed E-state index contributed by atoms with van der Waals surface area (Å²) in [4.78, 5) is 27.7. The molecule has 1 aliphatic rings. The fourth-order valence-corrected chi connectivity index (χ4v) is 4.10. The predicted octanol–water partition coefficient (Wildman–Crippen LogP) is 2.66. The molecule has 6 heteroatoms. The van der Waals surface area contributed by atoms with Crippen molar-refractivity contribution in [3.05, 3.63) is 76.2 Å². The average Bonchev–Trinajstić information content (AvgIpc) is 3.27. The largest absolute Gasteiger partial charge is 0.353 e. The SMILES string of the molecule is Cc1nn(CC(=O)NCC(c2ccccc2)N2CCCC2)c(=O)c2ccccc12. The van der Waals surface area contributed by atoms with Gasteiger partial charge < -0.3 is 5.32 Å². The van der Waals surface area contributed by atoms with Gasteiger partial charge in [0, 0.05) is 11.9 Å². The molecule has 1 amide bonds. The van der Waals surface area contributed by atoms with E-state index < -0.39 is 0 Å². The molecule has 1 unspecified atom stereocenters. The number of nitrogens with one attached hydrogen (secondary N) is 1. The molecular formula is C23H26N4O2. The van der Waals surface area contributed by atoms with Crippen molar-refractivity contribution in [3.63, 3.8) is 0 Å². The molecule has 1 N–H and O–H groups in total. The maximum Gasteiger partial charge on any atom is 0.275 e. The molecule has 1 atom stereocenters. The summed E-state index contributed by atoms with van der Waals surface area (Å²) in [6.07, 6.45) is 2.37. The van der Waals surface area contributed by atoms with E-state index in [-0.39, 0.29) is 24.1 Å². The number of hydrogen-bond acceptors (Lipinski definition) is 4. The molecular weight excluding hydrogens is 364 g/mol. The van der Waals surface area contributed by atoms with Gasteiger partial charge in [0.1, 0.15) is 6.54 Å². The van der Waals surface area contributed by atoms with Crippen LogP contribution in [0.1, 0.15) is 30.1 Å². The molecule has 150 valence electrons. The van der Waals surface area contributed by atoms with E-state index in [0.717, 1.165) is 24.2 Å². The van der Waals surface area contributed by atoms with Crippen molar-refractivity contribution >= 4 is 16.7 Å². The Bertz CT molecular complexity index is 1060. The maximum absolute atomic E-state index is 12.7. The van der Waals surface area contributed by atoms with Gasteiger partial charge in [0.15, 0.2) is 0 Å². The highest BCUT2D eigenvalue weighted by Crippen LogP contribution is 2.24. The Hall–Kier alpha value is -2.99. The maximum atomic E-state index is 12.7. The van der Waals surface area contributed by atoms with Crippen LogP contribution >= 0.6 is 0 Å². The molecule has 0 radical (unpaired) electrons. The molecule has 1 fully saturated rings. The Morgan fingerprint density at radius 2 is 1.69 bits per heavy atom. The molecule has 0 bridgehead atoms. The number of carbonyl (C=O) groups is 1. The Balaban J connectivity index is 1.48. The number of likely N-dealkylation sites (tertiary alicyclic amines) is 1. The summed E-state index contributed by atoms with van der Waals surface area (Å²) < 4.78 is 1.26. The molecule has 0 aliphatic carbocycles. The molecule has 1 aromatic heterocycles. The van der Waals surface area contributed by atoms with Gasteiger partial charge in [0.2, 0.25) is 5.91 Å². The highest BCUT2D eigenvalue weighted by molar-refractivity contribution is 5.83. The third-order valence-corrected chi connectivity index (χ3v) is 5.60. The standard InChI is InChI=1S/C23H26N4O2/c1-17-19-11-5-6-12-20(19)23(29)27(25-17)16-22(28)24-15-21(26-13-7-8-14-26)18-9-3-2-4-10-18/h2-6,9-12,21H,7-8,13-16H2,1H3,(H,24,28). The van der Waals surface area contributed by atoms with Gasteiger partial charge in [-0.2, -0.15) is 5.10 Å². The van der Waals surface area contributed by atoms with Crippen LogP contribution in [0, 0.1) is 6.92 Å². The van der Waals surface area contributed by atoms with E-state index in [9.17, 15) is 9.59 Å². The Morgan fingerprint density at radius 1 is 1.03 bits per heavy atom. The number of hydrogen-bond donors (Lipinski definition) is 1. The van der Waals surface area contributed by atoms with Crippen molar-refractivity contribution in [1.82, 2.24) is 20.0 Å². The zero-order valence-electron chi connectivity index (χ0n) is 16.7. The van der Waals surface area contributed by atoms with Crippen LogP contribution in [0.2, 0.25) is 0 Å². The fraction of sp³-hybridized carbons (Fsp3) is 0.348. The summed E-state index contributed by atoms with van der Waals surface area (Å²) in [5, 5.41) is 8.77. The highest BCUT2D eigenvalue weighted by atomic mass is 16.2. The molecule has 0 spiro atoms. The van der Waals surface area contributed by atoms with E-state index in [0.29, 0.717) is 11.9 Å². The number of rotatable bonds is 6. The average molecular weight is 390 g/mol. The number of aromatic nitrogens is 2. The number of fused-ring (bicyclic) bond motifs is 1. The summed E-state index contributed by atoms with van der Waals surface area (Å²) in [7, 11) is 0.